The molecule has 0 radical (unpaired) electrons. The van der Waals surface area contributed by atoms with Crippen LogP contribution in [0.4, 0.5) is 0 Å². The Labute approximate surface area is 205 Å². The molecule has 3 nitrogen and oxygen atoms in total. The summed E-state index contributed by atoms with van der Waals surface area (Å²) in [6.45, 7) is 4.85. The molecule has 0 saturated heterocycles. The molecule has 0 fully saturated rings. The van der Waals surface area contributed by atoms with E-state index in [9.17, 15) is 0 Å². The van der Waals surface area contributed by atoms with E-state index in [-0.39, 0.29) is 5.28 Å². The minimum Gasteiger partial charge on any atom is -0.208 e. The first-order valence-corrected chi connectivity index (χ1v) is 14.7. The molecule has 1 aliphatic rings. The molecule has 6 rings (SSSR count). The zero-order chi connectivity index (χ0) is 23.3. The van der Waals surface area contributed by atoms with Crippen LogP contribution in [0.2, 0.25) is 18.4 Å². The maximum Gasteiger partial charge on any atom is 0.226 e. The third-order valence-corrected chi connectivity index (χ3v) is 10.4. The van der Waals surface area contributed by atoms with E-state index in [0.29, 0.717) is 11.6 Å². The summed E-state index contributed by atoms with van der Waals surface area (Å²) in [5.41, 5.74) is 7.07. The summed E-state index contributed by atoms with van der Waals surface area (Å²) in [4.78, 5) is 13.6. The molecule has 165 valence electrons. The Morgan fingerprint density at radius 3 is 1.65 bits per heavy atom. The Hall–Kier alpha value is -3.60. The molecule has 5 heteroatoms. The van der Waals surface area contributed by atoms with Crippen LogP contribution in [0.1, 0.15) is 0 Å². The average molecular weight is 476 g/mol. The Morgan fingerprint density at radius 2 is 1.03 bits per heavy atom. The van der Waals surface area contributed by atoms with Gasteiger partial charge in [0.25, 0.3) is 0 Å². The molecule has 0 amide bonds. The highest BCUT2D eigenvalue weighted by atomic mass is 35.5. The van der Waals surface area contributed by atoms with Crippen LogP contribution in [-0.4, -0.2) is 23.0 Å². The monoisotopic (exact) mass is 475 g/mol. The van der Waals surface area contributed by atoms with Gasteiger partial charge < -0.3 is 0 Å². The summed E-state index contributed by atoms with van der Waals surface area (Å²) >= 11 is 6.32. The van der Waals surface area contributed by atoms with Crippen LogP contribution in [-0.2, 0) is 0 Å². The Kier molecular flexibility index (Phi) is 4.94. The summed E-state index contributed by atoms with van der Waals surface area (Å²) in [5.74, 6) is 1.19. The second-order valence-electron chi connectivity index (χ2n) is 9.13. The van der Waals surface area contributed by atoms with Crippen LogP contribution < -0.4 is 10.4 Å². The lowest BCUT2D eigenvalue weighted by molar-refractivity contribution is 1.07. The second kappa shape index (κ2) is 8.01. The van der Waals surface area contributed by atoms with Crippen LogP contribution in [0, 0.1) is 0 Å². The molecule has 0 aliphatic carbocycles. The Bertz CT molecular complexity index is 1530. The molecule has 34 heavy (non-hydrogen) atoms. The predicted molar refractivity (Wildman–Crippen MR) is 143 cm³/mol. The standard InChI is InChI=1S/C29H22ClN3Si/c1-34(2)25-17-21(19-9-5-3-6-10-19)13-15-23(25)24-16-14-22(18-26(24)34)28-31-27(32-29(30)33-28)20-11-7-4-8-12-20/h3-18H,1-2H3/q-1. The molecule has 1 aromatic heterocycles. The van der Waals surface area contributed by atoms with Gasteiger partial charge in [0.15, 0.2) is 11.6 Å². The smallest absolute Gasteiger partial charge is 0.208 e. The van der Waals surface area contributed by atoms with E-state index < -0.39 is 8.07 Å². The molecule has 0 atom stereocenters. The molecule has 0 spiro atoms. The molecule has 0 bridgehead atoms. The maximum absolute atomic E-state index is 6.32. The molecule has 4 aromatic carbocycles. The number of hydrogen-bond acceptors (Lipinski definition) is 3. The Balaban J connectivity index is 1.45. The number of halogens is 1. The van der Waals surface area contributed by atoms with Gasteiger partial charge in [-0.2, -0.15) is 33.4 Å². The fourth-order valence-corrected chi connectivity index (χ4v) is 8.15. The number of benzene rings is 4. The van der Waals surface area contributed by atoms with Gasteiger partial charge >= 0.3 is 0 Å². The van der Waals surface area contributed by atoms with E-state index in [0.717, 1.165) is 11.1 Å². The maximum atomic E-state index is 6.32. The van der Waals surface area contributed by atoms with Gasteiger partial charge in [-0.3, -0.25) is 0 Å². The number of aromatic nitrogens is 3. The van der Waals surface area contributed by atoms with Crippen molar-refractivity contribution in [3.8, 4) is 45.0 Å². The van der Waals surface area contributed by atoms with Gasteiger partial charge in [-0.15, -0.1) is 0 Å². The summed E-state index contributed by atoms with van der Waals surface area (Å²) in [7, 11) is -1.91. The zero-order valence-electron chi connectivity index (χ0n) is 19.0. The lowest BCUT2D eigenvalue weighted by atomic mass is 9.99. The topological polar surface area (TPSA) is 38.7 Å². The fraction of sp³-hybridized carbons (Fsp3) is 0.0690. The van der Waals surface area contributed by atoms with Gasteiger partial charge in [-0.1, -0.05) is 116 Å². The fourth-order valence-electron chi connectivity index (χ4n) is 4.88. The van der Waals surface area contributed by atoms with Crippen molar-refractivity contribution in [3.63, 3.8) is 0 Å². The van der Waals surface area contributed by atoms with Crippen molar-refractivity contribution >= 4 is 30.0 Å². The molecule has 0 unspecified atom stereocenters. The largest absolute Gasteiger partial charge is 0.226 e. The van der Waals surface area contributed by atoms with E-state index in [2.05, 4.69) is 89.8 Å². The molecular weight excluding hydrogens is 454 g/mol. The lowest BCUT2D eigenvalue weighted by Gasteiger charge is -2.32. The highest BCUT2D eigenvalue weighted by Crippen LogP contribution is 2.33. The lowest BCUT2D eigenvalue weighted by Crippen LogP contribution is -2.49. The first-order valence-electron chi connectivity index (χ1n) is 11.3. The third kappa shape index (κ3) is 3.47. The first kappa shape index (κ1) is 21.0. The van der Waals surface area contributed by atoms with Gasteiger partial charge in [-0.25, -0.2) is 4.98 Å². The molecule has 1 aliphatic heterocycles. The normalized spacial score (nSPS) is 13.4. The summed E-state index contributed by atoms with van der Waals surface area (Å²) < 4.78 is 0. The van der Waals surface area contributed by atoms with Crippen molar-refractivity contribution in [2.45, 2.75) is 13.1 Å². The average Bonchev–Trinajstić information content (AvgIpc) is 3.10. The van der Waals surface area contributed by atoms with Crippen molar-refractivity contribution in [1.82, 2.24) is 15.0 Å². The number of rotatable bonds is 3. The van der Waals surface area contributed by atoms with Crippen LogP contribution in [0.25, 0.3) is 45.0 Å². The van der Waals surface area contributed by atoms with Crippen molar-refractivity contribution < 1.29 is 0 Å². The van der Waals surface area contributed by atoms with Crippen LogP contribution in [0.15, 0.2) is 97.1 Å². The molecule has 2 heterocycles. The number of hydrogen-bond donors (Lipinski definition) is 0. The van der Waals surface area contributed by atoms with E-state index >= 15 is 0 Å². The summed E-state index contributed by atoms with van der Waals surface area (Å²) in [6, 6.07) is 34.0. The summed E-state index contributed by atoms with van der Waals surface area (Å²) in [5, 5.41) is 3.08. The highest BCUT2D eigenvalue weighted by Gasteiger charge is 2.27. The van der Waals surface area contributed by atoms with Crippen molar-refractivity contribution in [3.05, 3.63) is 102 Å². The minimum absolute atomic E-state index is 0.205. The van der Waals surface area contributed by atoms with Gasteiger partial charge in [0.05, 0.1) is 0 Å². The van der Waals surface area contributed by atoms with Crippen molar-refractivity contribution in [2.75, 3.05) is 0 Å². The number of nitrogens with zero attached hydrogens (tertiary/aromatic N) is 3. The Morgan fingerprint density at radius 1 is 0.529 bits per heavy atom. The summed E-state index contributed by atoms with van der Waals surface area (Å²) in [6.07, 6.45) is 0. The number of fused-ring (bicyclic) bond motifs is 3. The van der Waals surface area contributed by atoms with Crippen LogP contribution in [0.3, 0.4) is 0 Å². The molecule has 5 aromatic rings. The minimum atomic E-state index is -1.91. The molecule has 0 saturated carbocycles. The van der Waals surface area contributed by atoms with E-state index in [1.165, 1.54) is 32.6 Å². The predicted octanol–water partition coefficient (Wildman–Crippen LogP) is 6.33. The van der Waals surface area contributed by atoms with Gasteiger partial charge in [-0.05, 0) is 22.7 Å². The molecular formula is C29H22ClN3Si-. The van der Waals surface area contributed by atoms with E-state index in [1.54, 1.807) is 0 Å². The van der Waals surface area contributed by atoms with E-state index in [4.69, 9.17) is 16.6 Å². The van der Waals surface area contributed by atoms with Crippen molar-refractivity contribution in [1.29, 1.82) is 0 Å². The molecule has 0 N–H and O–H groups in total. The van der Waals surface area contributed by atoms with Gasteiger partial charge in [0, 0.05) is 11.1 Å². The van der Waals surface area contributed by atoms with Crippen LogP contribution >= 0.6 is 11.6 Å². The zero-order valence-corrected chi connectivity index (χ0v) is 20.7. The van der Waals surface area contributed by atoms with Gasteiger partial charge in [0.2, 0.25) is 5.28 Å². The van der Waals surface area contributed by atoms with Crippen molar-refractivity contribution in [2.24, 2.45) is 0 Å². The SMILES string of the molecule is C[Si-]1(C)c2cc(-c3ccccc3)ccc2-c2ccc(-c3nc(Cl)nc(-c4ccccc4)n3)cc21. The highest BCUT2D eigenvalue weighted by molar-refractivity contribution is 7.03. The van der Waals surface area contributed by atoms with Crippen LogP contribution in [0.5, 0.6) is 0 Å². The quantitative estimate of drug-likeness (QED) is 0.286. The van der Waals surface area contributed by atoms with E-state index in [1.807, 2.05) is 30.3 Å². The third-order valence-electron chi connectivity index (χ3n) is 6.68. The van der Waals surface area contributed by atoms with Gasteiger partial charge in [0.1, 0.15) is 0 Å². The first-order chi connectivity index (χ1) is 16.5. The second-order valence-corrected chi connectivity index (χ2v) is 13.8.